The Morgan fingerprint density at radius 1 is 1.29 bits per heavy atom. The summed E-state index contributed by atoms with van der Waals surface area (Å²) in [6.07, 6.45) is 3.75. The minimum Gasteiger partial charge on any atom is -0.337 e. The van der Waals surface area contributed by atoms with Crippen LogP contribution in [0.1, 0.15) is 12.0 Å². The third kappa shape index (κ3) is 5.53. The molecule has 2 rings (SSSR count). The van der Waals surface area contributed by atoms with Crippen LogP contribution in [0.3, 0.4) is 0 Å². The molecule has 1 heterocycles. The predicted molar refractivity (Wildman–Crippen MR) is 82.8 cm³/mol. The maximum Gasteiger partial charge on any atom is 0.224 e. The molecule has 0 unspecified atom stereocenters. The van der Waals surface area contributed by atoms with Crippen molar-refractivity contribution >= 4 is 18.3 Å². The first kappa shape index (κ1) is 17.1. The van der Waals surface area contributed by atoms with E-state index in [0.717, 1.165) is 5.56 Å². The monoisotopic (exact) mass is 309 g/mol. The number of aromatic nitrogens is 3. The standard InChI is InChI=1S/C14H19N5O.ClH/c15-7-10-18(12-13-4-2-1-3-5-13)14(20)6-9-19-11-8-16-17-19;/h1-5,8,11H,6-7,9-10,12,15H2;1H. The highest BCUT2D eigenvalue weighted by Gasteiger charge is 2.13. The summed E-state index contributed by atoms with van der Waals surface area (Å²) in [6, 6.07) is 9.91. The van der Waals surface area contributed by atoms with Crippen LogP contribution in [0.15, 0.2) is 42.7 Å². The predicted octanol–water partition coefficient (Wildman–Crippen LogP) is 1.08. The van der Waals surface area contributed by atoms with Gasteiger partial charge >= 0.3 is 0 Å². The molecule has 1 aromatic heterocycles. The molecule has 21 heavy (non-hydrogen) atoms. The van der Waals surface area contributed by atoms with Crippen molar-refractivity contribution in [2.45, 2.75) is 19.5 Å². The molecule has 114 valence electrons. The van der Waals surface area contributed by atoms with Crippen molar-refractivity contribution in [2.24, 2.45) is 5.73 Å². The van der Waals surface area contributed by atoms with Gasteiger partial charge in [-0.15, -0.1) is 17.5 Å². The van der Waals surface area contributed by atoms with Crippen LogP contribution in [0.4, 0.5) is 0 Å². The highest BCUT2D eigenvalue weighted by atomic mass is 35.5. The fraction of sp³-hybridized carbons (Fsp3) is 0.357. The number of hydrogen-bond donors (Lipinski definition) is 1. The van der Waals surface area contributed by atoms with Gasteiger partial charge in [0.1, 0.15) is 0 Å². The van der Waals surface area contributed by atoms with Crippen molar-refractivity contribution in [3.05, 3.63) is 48.3 Å². The lowest BCUT2D eigenvalue weighted by Crippen LogP contribution is -2.35. The topological polar surface area (TPSA) is 77.0 Å². The molecule has 7 heteroatoms. The smallest absolute Gasteiger partial charge is 0.224 e. The molecule has 0 saturated heterocycles. The summed E-state index contributed by atoms with van der Waals surface area (Å²) in [5.41, 5.74) is 6.70. The molecule has 1 aromatic carbocycles. The number of hydrogen-bond acceptors (Lipinski definition) is 4. The van der Waals surface area contributed by atoms with Crippen LogP contribution >= 0.6 is 12.4 Å². The molecule has 0 aliphatic heterocycles. The van der Waals surface area contributed by atoms with E-state index in [4.69, 9.17) is 5.73 Å². The van der Waals surface area contributed by atoms with E-state index in [0.29, 0.717) is 32.6 Å². The van der Waals surface area contributed by atoms with Gasteiger partial charge in [-0.25, -0.2) is 0 Å². The quantitative estimate of drug-likeness (QED) is 0.830. The largest absolute Gasteiger partial charge is 0.337 e. The van der Waals surface area contributed by atoms with Gasteiger partial charge in [-0.3, -0.25) is 9.48 Å². The molecule has 0 spiro atoms. The number of carbonyl (C=O) groups is 1. The second kappa shape index (κ2) is 9.10. The third-order valence-corrected chi connectivity index (χ3v) is 2.99. The SMILES string of the molecule is Cl.NCCN(Cc1ccccc1)C(=O)CCn1ccnn1. The Morgan fingerprint density at radius 3 is 2.67 bits per heavy atom. The van der Waals surface area contributed by atoms with Crippen molar-refractivity contribution in [2.75, 3.05) is 13.1 Å². The Morgan fingerprint density at radius 2 is 2.05 bits per heavy atom. The number of rotatable bonds is 7. The molecule has 0 aliphatic rings. The molecule has 0 aliphatic carbocycles. The van der Waals surface area contributed by atoms with Crippen molar-refractivity contribution in [1.29, 1.82) is 0 Å². The van der Waals surface area contributed by atoms with Crippen LogP contribution < -0.4 is 5.73 Å². The lowest BCUT2D eigenvalue weighted by molar-refractivity contribution is -0.132. The van der Waals surface area contributed by atoms with Gasteiger partial charge in [-0.05, 0) is 5.56 Å². The zero-order chi connectivity index (χ0) is 14.2. The molecule has 0 bridgehead atoms. The van der Waals surface area contributed by atoms with Crippen LogP contribution in [0.5, 0.6) is 0 Å². The molecule has 0 saturated carbocycles. The van der Waals surface area contributed by atoms with Crippen LogP contribution in [0.25, 0.3) is 0 Å². The Bertz CT molecular complexity index is 517. The second-order valence-corrected chi connectivity index (χ2v) is 4.51. The first-order valence-corrected chi connectivity index (χ1v) is 6.65. The third-order valence-electron chi connectivity index (χ3n) is 2.99. The summed E-state index contributed by atoms with van der Waals surface area (Å²) in [5.74, 6) is 0.0785. The number of halogens is 1. The van der Waals surface area contributed by atoms with E-state index >= 15 is 0 Å². The van der Waals surface area contributed by atoms with Gasteiger partial charge in [-0.2, -0.15) is 0 Å². The van der Waals surface area contributed by atoms with Crippen LogP contribution in [-0.2, 0) is 17.9 Å². The Labute approximate surface area is 130 Å². The summed E-state index contributed by atoms with van der Waals surface area (Å²) in [7, 11) is 0. The molecular formula is C14H20ClN5O. The summed E-state index contributed by atoms with van der Waals surface area (Å²) < 4.78 is 1.65. The number of carbonyl (C=O) groups excluding carboxylic acids is 1. The molecule has 2 aromatic rings. The number of aryl methyl sites for hydroxylation is 1. The van der Waals surface area contributed by atoms with Crippen LogP contribution in [0, 0.1) is 0 Å². The van der Waals surface area contributed by atoms with Gasteiger partial charge in [0.25, 0.3) is 0 Å². The van der Waals surface area contributed by atoms with Gasteiger partial charge in [0.05, 0.1) is 12.7 Å². The summed E-state index contributed by atoms with van der Waals surface area (Å²) in [5, 5.41) is 7.57. The molecule has 2 N–H and O–H groups in total. The Hall–Kier alpha value is -1.92. The van der Waals surface area contributed by atoms with E-state index in [1.54, 1.807) is 22.0 Å². The van der Waals surface area contributed by atoms with Gasteiger partial charge in [0, 0.05) is 32.3 Å². The molecular weight excluding hydrogens is 290 g/mol. The van der Waals surface area contributed by atoms with Crippen molar-refractivity contribution in [3.8, 4) is 0 Å². The minimum absolute atomic E-state index is 0. The first-order chi connectivity index (χ1) is 9.79. The zero-order valence-corrected chi connectivity index (χ0v) is 12.6. The van der Waals surface area contributed by atoms with Crippen LogP contribution in [-0.4, -0.2) is 38.9 Å². The molecule has 1 amide bonds. The van der Waals surface area contributed by atoms with E-state index in [9.17, 15) is 4.79 Å². The molecule has 0 atom stereocenters. The Kier molecular flexibility index (Phi) is 7.42. The average molecular weight is 310 g/mol. The maximum atomic E-state index is 12.2. The summed E-state index contributed by atoms with van der Waals surface area (Å²) in [4.78, 5) is 14.0. The van der Waals surface area contributed by atoms with Gasteiger partial charge in [0.15, 0.2) is 0 Å². The number of nitrogens with two attached hydrogens (primary N) is 1. The Balaban J connectivity index is 0.00000220. The summed E-state index contributed by atoms with van der Waals surface area (Å²) >= 11 is 0. The number of benzene rings is 1. The summed E-state index contributed by atoms with van der Waals surface area (Å²) in [6.45, 7) is 2.15. The van der Waals surface area contributed by atoms with E-state index in [-0.39, 0.29) is 18.3 Å². The average Bonchev–Trinajstić information content (AvgIpc) is 2.99. The van der Waals surface area contributed by atoms with Crippen LogP contribution in [0.2, 0.25) is 0 Å². The molecule has 0 radical (unpaired) electrons. The fourth-order valence-corrected chi connectivity index (χ4v) is 1.97. The highest BCUT2D eigenvalue weighted by molar-refractivity contribution is 5.85. The maximum absolute atomic E-state index is 12.2. The number of nitrogens with zero attached hydrogens (tertiary/aromatic N) is 4. The van der Waals surface area contributed by atoms with Gasteiger partial charge in [0.2, 0.25) is 5.91 Å². The van der Waals surface area contributed by atoms with E-state index in [1.807, 2.05) is 30.3 Å². The number of amides is 1. The second-order valence-electron chi connectivity index (χ2n) is 4.51. The van der Waals surface area contributed by atoms with Gasteiger partial charge in [-0.1, -0.05) is 35.5 Å². The fourth-order valence-electron chi connectivity index (χ4n) is 1.97. The van der Waals surface area contributed by atoms with Gasteiger partial charge < -0.3 is 10.6 Å². The van der Waals surface area contributed by atoms with E-state index < -0.39 is 0 Å². The first-order valence-electron chi connectivity index (χ1n) is 6.65. The van der Waals surface area contributed by atoms with Crippen molar-refractivity contribution in [3.63, 3.8) is 0 Å². The van der Waals surface area contributed by atoms with Crippen molar-refractivity contribution < 1.29 is 4.79 Å². The highest BCUT2D eigenvalue weighted by Crippen LogP contribution is 2.06. The lowest BCUT2D eigenvalue weighted by Gasteiger charge is -2.22. The van der Waals surface area contributed by atoms with E-state index in [2.05, 4.69) is 10.3 Å². The zero-order valence-electron chi connectivity index (χ0n) is 11.8. The van der Waals surface area contributed by atoms with E-state index in [1.165, 1.54) is 0 Å². The minimum atomic E-state index is 0. The van der Waals surface area contributed by atoms with Crippen molar-refractivity contribution in [1.82, 2.24) is 19.9 Å². The molecule has 6 nitrogen and oxygen atoms in total. The normalized spacial score (nSPS) is 9.95. The molecule has 0 fully saturated rings. The lowest BCUT2D eigenvalue weighted by atomic mass is 10.2.